The highest BCUT2D eigenvalue weighted by atomic mass is 16.5. The first kappa shape index (κ1) is 17.4. The lowest BCUT2D eigenvalue weighted by Gasteiger charge is -2.34. The number of nitrogens with zero attached hydrogens (tertiary/aromatic N) is 4. The van der Waals surface area contributed by atoms with Gasteiger partial charge in [0.1, 0.15) is 5.82 Å². The number of rotatable bonds is 6. The van der Waals surface area contributed by atoms with Gasteiger partial charge in [0.05, 0.1) is 25.9 Å². The summed E-state index contributed by atoms with van der Waals surface area (Å²) in [6.45, 7) is 8.50. The molecule has 0 bridgehead atoms. The summed E-state index contributed by atoms with van der Waals surface area (Å²) >= 11 is 0. The largest absolute Gasteiger partial charge is 0.385 e. The lowest BCUT2D eigenvalue weighted by Crippen LogP contribution is -2.44. The van der Waals surface area contributed by atoms with Crippen LogP contribution in [0.2, 0.25) is 0 Å². The van der Waals surface area contributed by atoms with Crippen molar-refractivity contribution in [3.63, 3.8) is 0 Å². The molecule has 3 rings (SSSR count). The maximum absolute atomic E-state index is 5.84. The minimum atomic E-state index is 0.200. The summed E-state index contributed by atoms with van der Waals surface area (Å²) in [6, 6.07) is 2.11. The molecule has 0 aromatic carbocycles. The van der Waals surface area contributed by atoms with Gasteiger partial charge < -0.3 is 24.0 Å². The fourth-order valence-electron chi connectivity index (χ4n) is 3.07. The first-order valence-corrected chi connectivity index (χ1v) is 8.86. The third-order valence-corrected chi connectivity index (χ3v) is 4.52. The Kier molecular flexibility index (Phi) is 6.23. The average molecular weight is 336 g/mol. The molecule has 7 heteroatoms. The van der Waals surface area contributed by atoms with E-state index in [4.69, 9.17) is 24.2 Å². The van der Waals surface area contributed by atoms with E-state index >= 15 is 0 Å². The molecule has 134 valence electrons. The van der Waals surface area contributed by atoms with E-state index in [0.29, 0.717) is 0 Å². The average Bonchev–Trinajstić information content (AvgIpc) is 2.67. The molecule has 3 heterocycles. The summed E-state index contributed by atoms with van der Waals surface area (Å²) in [5.41, 5.74) is 1.08. The molecule has 0 aliphatic carbocycles. The second-order valence-electron chi connectivity index (χ2n) is 6.19. The van der Waals surface area contributed by atoms with E-state index in [9.17, 15) is 0 Å². The normalized spacial score (nSPS) is 22.0. The molecule has 0 radical (unpaired) electrons. The molecule has 2 fully saturated rings. The topological polar surface area (TPSA) is 60.0 Å². The predicted octanol–water partition coefficient (Wildman–Crippen LogP) is 1.12. The highest BCUT2D eigenvalue weighted by molar-refractivity contribution is 5.46. The Hall–Kier alpha value is -1.44. The molecule has 0 saturated carbocycles. The van der Waals surface area contributed by atoms with Crippen molar-refractivity contribution in [1.29, 1.82) is 0 Å². The van der Waals surface area contributed by atoms with Crippen molar-refractivity contribution < 1.29 is 14.2 Å². The van der Waals surface area contributed by atoms with Crippen LogP contribution >= 0.6 is 0 Å². The Morgan fingerprint density at radius 1 is 1.17 bits per heavy atom. The number of aryl methyl sites for hydroxylation is 1. The van der Waals surface area contributed by atoms with Crippen LogP contribution in [-0.4, -0.2) is 75.8 Å². The van der Waals surface area contributed by atoms with Crippen LogP contribution in [0.3, 0.4) is 0 Å². The first-order chi connectivity index (χ1) is 11.8. The van der Waals surface area contributed by atoms with Crippen LogP contribution in [0.15, 0.2) is 6.07 Å². The maximum Gasteiger partial charge on any atom is 0.227 e. The molecule has 2 aliphatic rings. The van der Waals surface area contributed by atoms with Crippen molar-refractivity contribution in [2.75, 3.05) is 69.5 Å². The monoisotopic (exact) mass is 336 g/mol. The smallest absolute Gasteiger partial charge is 0.227 e. The Bertz CT molecular complexity index is 523. The summed E-state index contributed by atoms with van der Waals surface area (Å²) in [5, 5.41) is 0. The van der Waals surface area contributed by atoms with E-state index in [2.05, 4.69) is 22.8 Å². The molecule has 1 atom stereocenters. The van der Waals surface area contributed by atoms with Crippen LogP contribution in [0.1, 0.15) is 19.0 Å². The van der Waals surface area contributed by atoms with Gasteiger partial charge in [0.15, 0.2) is 0 Å². The van der Waals surface area contributed by atoms with Crippen molar-refractivity contribution >= 4 is 11.8 Å². The second kappa shape index (κ2) is 8.60. The minimum Gasteiger partial charge on any atom is -0.385 e. The summed E-state index contributed by atoms with van der Waals surface area (Å²) in [7, 11) is 1.73. The van der Waals surface area contributed by atoms with E-state index < -0.39 is 0 Å². The fourth-order valence-corrected chi connectivity index (χ4v) is 3.07. The maximum atomic E-state index is 5.84. The zero-order valence-corrected chi connectivity index (χ0v) is 14.7. The van der Waals surface area contributed by atoms with Crippen molar-refractivity contribution in [1.82, 2.24) is 9.97 Å². The summed E-state index contributed by atoms with van der Waals surface area (Å²) in [5.74, 6) is 1.83. The van der Waals surface area contributed by atoms with Crippen molar-refractivity contribution in [3.05, 3.63) is 11.8 Å². The molecular formula is C17H28N4O3. The van der Waals surface area contributed by atoms with Crippen LogP contribution in [0.5, 0.6) is 0 Å². The van der Waals surface area contributed by atoms with Gasteiger partial charge in [-0.3, -0.25) is 0 Å². The summed E-state index contributed by atoms with van der Waals surface area (Å²) < 4.78 is 16.5. The number of hydrogen-bond acceptors (Lipinski definition) is 7. The number of hydrogen-bond donors (Lipinski definition) is 0. The van der Waals surface area contributed by atoms with Crippen LogP contribution < -0.4 is 9.80 Å². The van der Waals surface area contributed by atoms with Crippen LogP contribution in [0.25, 0.3) is 0 Å². The Morgan fingerprint density at radius 2 is 1.96 bits per heavy atom. The number of morpholine rings is 2. The van der Waals surface area contributed by atoms with Crippen molar-refractivity contribution in [3.8, 4) is 0 Å². The number of aromatic nitrogens is 2. The molecule has 1 aromatic heterocycles. The molecule has 24 heavy (non-hydrogen) atoms. The van der Waals surface area contributed by atoms with Crippen molar-refractivity contribution in [2.24, 2.45) is 0 Å². The van der Waals surface area contributed by atoms with Gasteiger partial charge in [0.2, 0.25) is 5.95 Å². The van der Waals surface area contributed by atoms with Gasteiger partial charge in [0, 0.05) is 51.7 Å². The van der Waals surface area contributed by atoms with Crippen molar-refractivity contribution in [2.45, 2.75) is 25.9 Å². The minimum absolute atomic E-state index is 0.200. The second-order valence-corrected chi connectivity index (χ2v) is 6.19. The number of anilines is 2. The Morgan fingerprint density at radius 3 is 2.71 bits per heavy atom. The standard InChI is InChI=1S/C17H28N4O3/c1-3-14-12-16(19-17(18-14)20-5-9-23-10-6-20)21-7-11-24-15(13-21)4-8-22-2/h12,15H,3-11,13H2,1-2H3/t15-/m0/s1. The molecule has 0 amide bonds. The third kappa shape index (κ3) is 4.34. The molecule has 1 aromatic rings. The van der Waals surface area contributed by atoms with E-state index in [-0.39, 0.29) is 6.10 Å². The highest BCUT2D eigenvalue weighted by Gasteiger charge is 2.23. The van der Waals surface area contributed by atoms with Gasteiger partial charge in [-0.2, -0.15) is 4.98 Å². The number of ether oxygens (including phenoxy) is 3. The molecule has 7 nitrogen and oxygen atoms in total. The SMILES string of the molecule is CCc1cc(N2CCO[C@@H](CCOC)C2)nc(N2CCOCC2)n1. The molecule has 0 unspecified atom stereocenters. The summed E-state index contributed by atoms with van der Waals surface area (Å²) in [4.78, 5) is 14.1. The number of methoxy groups -OCH3 is 1. The lowest BCUT2D eigenvalue weighted by atomic mass is 10.2. The highest BCUT2D eigenvalue weighted by Crippen LogP contribution is 2.21. The van der Waals surface area contributed by atoms with Gasteiger partial charge in [-0.25, -0.2) is 4.98 Å². The van der Waals surface area contributed by atoms with Crippen LogP contribution in [-0.2, 0) is 20.6 Å². The van der Waals surface area contributed by atoms with E-state index in [1.165, 1.54) is 0 Å². The zero-order valence-electron chi connectivity index (χ0n) is 14.7. The third-order valence-electron chi connectivity index (χ3n) is 4.52. The quantitative estimate of drug-likeness (QED) is 0.771. The van der Waals surface area contributed by atoms with Gasteiger partial charge >= 0.3 is 0 Å². The van der Waals surface area contributed by atoms with Gasteiger partial charge in [0.25, 0.3) is 0 Å². The summed E-state index contributed by atoms with van der Waals surface area (Å²) in [6.07, 6.45) is 2.02. The van der Waals surface area contributed by atoms with Gasteiger partial charge in [-0.05, 0) is 12.8 Å². The van der Waals surface area contributed by atoms with Crippen LogP contribution in [0.4, 0.5) is 11.8 Å². The Labute approximate surface area is 143 Å². The lowest BCUT2D eigenvalue weighted by molar-refractivity contribution is 0.0189. The molecule has 2 saturated heterocycles. The van der Waals surface area contributed by atoms with Crippen LogP contribution in [0, 0.1) is 0 Å². The molecular weight excluding hydrogens is 308 g/mol. The Balaban J connectivity index is 1.76. The van der Waals surface area contributed by atoms with E-state index in [0.717, 1.165) is 82.9 Å². The fraction of sp³-hybridized carbons (Fsp3) is 0.765. The van der Waals surface area contributed by atoms with E-state index in [1.807, 2.05) is 0 Å². The predicted molar refractivity (Wildman–Crippen MR) is 92.9 cm³/mol. The molecule has 2 aliphatic heterocycles. The van der Waals surface area contributed by atoms with E-state index in [1.54, 1.807) is 7.11 Å². The van der Waals surface area contributed by atoms with Gasteiger partial charge in [-0.1, -0.05) is 6.92 Å². The van der Waals surface area contributed by atoms with Gasteiger partial charge in [-0.15, -0.1) is 0 Å². The zero-order chi connectivity index (χ0) is 16.8. The molecule has 0 N–H and O–H groups in total. The first-order valence-electron chi connectivity index (χ1n) is 8.86. The molecule has 0 spiro atoms.